The second kappa shape index (κ2) is 13.7. The maximum absolute atomic E-state index is 13.8. The van der Waals surface area contributed by atoms with Crippen LogP contribution in [0.1, 0.15) is 76.2 Å². The molecule has 0 saturated carbocycles. The highest BCUT2D eigenvalue weighted by atomic mass is 16.5. The van der Waals surface area contributed by atoms with Gasteiger partial charge in [-0.25, -0.2) is 14.4 Å². The molecular weight excluding hydrogens is 616 g/mol. The van der Waals surface area contributed by atoms with Gasteiger partial charge in [0.15, 0.2) is 0 Å². The van der Waals surface area contributed by atoms with Crippen LogP contribution in [0.4, 0.5) is 0 Å². The molecule has 0 spiro atoms. The Bertz CT molecular complexity index is 2320. The molecule has 7 aromatic rings. The van der Waals surface area contributed by atoms with Gasteiger partial charge >= 0.3 is 17.9 Å². The first-order valence-electron chi connectivity index (χ1n) is 16.6. The van der Waals surface area contributed by atoms with Gasteiger partial charge in [0.05, 0.1) is 34.3 Å². The molecule has 2 heterocycles. The average molecular weight is 651 g/mol. The van der Waals surface area contributed by atoms with Crippen LogP contribution in [0.2, 0.25) is 0 Å². The lowest BCUT2D eigenvalue weighted by Crippen LogP contribution is -2.14. The smallest absolute Gasteiger partial charge is 0.344 e. The fourth-order valence-electron chi connectivity index (χ4n) is 6.38. The molecule has 0 aliphatic heterocycles. The summed E-state index contributed by atoms with van der Waals surface area (Å²) in [5.41, 5.74) is 2.92. The van der Waals surface area contributed by atoms with E-state index in [2.05, 4.69) is 6.92 Å². The third kappa shape index (κ3) is 5.91. The molecule has 7 rings (SSSR count). The third-order valence-electron chi connectivity index (χ3n) is 8.76. The number of esters is 3. The van der Waals surface area contributed by atoms with Crippen LogP contribution in [-0.4, -0.2) is 34.5 Å². The van der Waals surface area contributed by atoms with Gasteiger partial charge in [0.25, 0.3) is 0 Å². The van der Waals surface area contributed by atoms with Gasteiger partial charge < -0.3 is 14.2 Å². The Morgan fingerprint density at radius 3 is 1.65 bits per heavy atom. The standard InChI is InChI=1S/C41H34N2O6/c1-3-5-13-25-23-42-37-29-19-21-31(41(46)49-27-16-11-8-12-17-27)34-32(39(44)47-22-6-4-2)24-43-38(36(29)34)28-18-20-30(33(25)35(28)37)40(45)48-26-14-9-7-10-15-26/h7-12,14-21,23-24H,3-6,13,22H2,1-2H3. The van der Waals surface area contributed by atoms with Crippen molar-refractivity contribution in [1.29, 1.82) is 0 Å². The Morgan fingerprint density at radius 2 is 1.08 bits per heavy atom. The number of para-hydroxylation sites is 2. The lowest BCUT2D eigenvalue weighted by Gasteiger charge is -2.19. The van der Waals surface area contributed by atoms with Crippen LogP contribution in [-0.2, 0) is 11.2 Å². The van der Waals surface area contributed by atoms with Crippen LogP contribution in [0.25, 0.3) is 43.4 Å². The molecule has 0 unspecified atom stereocenters. The molecule has 8 nitrogen and oxygen atoms in total. The highest BCUT2D eigenvalue weighted by molar-refractivity contribution is 6.35. The van der Waals surface area contributed by atoms with E-state index in [0.29, 0.717) is 50.7 Å². The molecular formula is C41H34N2O6. The number of aryl methyl sites for hydroxylation is 1. The Balaban J connectivity index is 1.50. The molecule has 0 fully saturated rings. The maximum Gasteiger partial charge on any atom is 0.344 e. The number of benzene rings is 5. The highest BCUT2D eigenvalue weighted by Crippen LogP contribution is 2.43. The molecule has 49 heavy (non-hydrogen) atoms. The van der Waals surface area contributed by atoms with Crippen molar-refractivity contribution in [2.75, 3.05) is 6.61 Å². The number of rotatable bonds is 11. The predicted molar refractivity (Wildman–Crippen MR) is 190 cm³/mol. The number of fused-ring (bicyclic) bond motifs is 2. The number of hydrogen-bond acceptors (Lipinski definition) is 8. The summed E-state index contributed by atoms with van der Waals surface area (Å²) < 4.78 is 17.2. The first kappa shape index (κ1) is 31.7. The minimum Gasteiger partial charge on any atom is -0.462 e. The molecule has 0 aliphatic carbocycles. The van der Waals surface area contributed by atoms with Crippen molar-refractivity contribution in [1.82, 2.24) is 9.97 Å². The van der Waals surface area contributed by atoms with Crippen LogP contribution in [0.15, 0.2) is 97.3 Å². The van der Waals surface area contributed by atoms with Crippen molar-refractivity contribution in [3.05, 3.63) is 120 Å². The van der Waals surface area contributed by atoms with Crippen molar-refractivity contribution in [3.63, 3.8) is 0 Å². The lowest BCUT2D eigenvalue weighted by atomic mass is 9.88. The molecule has 8 heteroatoms. The number of hydrogen-bond donors (Lipinski definition) is 0. The van der Waals surface area contributed by atoms with Crippen molar-refractivity contribution in [2.24, 2.45) is 0 Å². The van der Waals surface area contributed by atoms with Crippen LogP contribution in [0, 0.1) is 0 Å². The first-order valence-corrected chi connectivity index (χ1v) is 16.6. The van der Waals surface area contributed by atoms with Gasteiger partial charge in [-0.05, 0) is 61.2 Å². The minimum atomic E-state index is -0.615. The van der Waals surface area contributed by atoms with E-state index in [-0.39, 0.29) is 17.7 Å². The Labute approximate surface area is 283 Å². The normalized spacial score (nSPS) is 11.4. The van der Waals surface area contributed by atoms with Gasteiger partial charge in [0.2, 0.25) is 0 Å². The average Bonchev–Trinajstić information content (AvgIpc) is 3.13. The van der Waals surface area contributed by atoms with E-state index < -0.39 is 17.9 Å². The Kier molecular flexibility index (Phi) is 8.85. The zero-order valence-electron chi connectivity index (χ0n) is 27.3. The highest BCUT2D eigenvalue weighted by Gasteiger charge is 2.27. The summed E-state index contributed by atoms with van der Waals surface area (Å²) in [5, 5.41) is 3.93. The molecule has 0 N–H and O–H groups in total. The van der Waals surface area contributed by atoms with E-state index in [1.807, 2.05) is 49.5 Å². The van der Waals surface area contributed by atoms with E-state index in [1.165, 1.54) is 6.20 Å². The number of nitrogens with zero attached hydrogens (tertiary/aromatic N) is 2. The number of carbonyl (C=O) groups excluding carboxylic acids is 3. The van der Waals surface area contributed by atoms with Gasteiger partial charge in [-0.2, -0.15) is 0 Å². The van der Waals surface area contributed by atoms with Gasteiger partial charge in [0.1, 0.15) is 11.5 Å². The van der Waals surface area contributed by atoms with Crippen LogP contribution < -0.4 is 9.47 Å². The van der Waals surface area contributed by atoms with Crippen molar-refractivity contribution < 1.29 is 28.6 Å². The molecule has 0 atom stereocenters. The summed E-state index contributed by atoms with van der Waals surface area (Å²) >= 11 is 0. The van der Waals surface area contributed by atoms with E-state index in [0.717, 1.165) is 47.4 Å². The van der Waals surface area contributed by atoms with E-state index in [1.54, 1.807) is 48.5 Å². The fraction of sp³-hybridized carbons (Fsp3) is 0.195. The van der Waals surface area contributed by atoms with Gasteiger partial charge in [-0.1, -0.05) is 75.2 Å². The Hall–Kier alpha value is -5.89. The summed E-state index contributed by atoms with van der Waals surface area (Å²) in [6, 6.07) is 24.9. The first-order chi connectivity index (χ1) is 24.0. The Morgan fingerprint density at radius 1 is 0.551 bits per heavy atom. The number of pyridine rings is 2. The second-order valence-electron chi connectivity index (χ2n) is 12.0. The largest absolute Gasteiger partial charge is 0.462 e. The summed E-state index contributed by atoms with van der Waals surface area (Å²) in [6.07, 6.45) is 7.45. The second-order valence-corrected chi connectivity index (χ2v) is 12.0. The molecule has 0 radical (unpaired) electrons. The van der Waals surface area contributed by atoms with Crippen molar-refractivity contribution in [2.45, 2.75) is 46.0 Å². The number of unbranched alkanes of at least 4 members (excludes halogenated alkanes) is 2. The van der Waals surface area contributed by atoms with Gasteiger partial charge in [0, 0.05) is 44.7 Å². The predicted octanol–water partition coefficient (Wildman–Crippen LogP) is 9.27. The SMILES string of the molecule is CCCCOC(=O)c1cnc2c3ccc(C(=O)Oc4ccccc4)c4c(CCCC)cnc(c5ccc(C(=O)Oc6ccccc6)c1c52)c43. The summed E-state index contributed by atoms with van der Waals surface area (Å²) in [5.74, 6) is -0.831. The number of carbonyl (C=O) groups is 3. The number of aromatic nitrogens is 2. The molecule has 0 aliphatic rings. The summed E-state index contributed by atoms with van der Waals surface area (Å²) in [4.78, 5) is 50.9. The maximum atomic E-state index is 13.8. The van der Waals surface area contributed by atoms with Crippen LogP contribution >= 0.6 is 0 Å². The van der Waals surface area contributed by atoms with E-state index >= 15 is 0 Å². The van der Waals surface area contributed by atoms with Crippen molar-refractivity contribution in [3.8, 4) is 11.5 Å². The molecule has 0 saturated heterocycles. The van der Waals surface area contributed by atoms with Crippen LogP contribution in [0.3, 0.4) is 0 Å². The number of ether oxygens (including phenoxy) is 3. The lowest BCUT2D eigenvalue weighted by molar-refractivity contribution is 0.0501. The minimum absolute atomic E-state index is 0.166. The van der Waals surface area contributed by atoms with E-state index in [4.69, 9.17) is 24.2 Å². The molecule has 0 bridgehead atoms. The van der Waals surface area contributed by atoms with E-state index in [9.17, 15) is 14.4 Å². The van der Waals surface area contributed by atoms with Gasteiger partial charge in [-0.3, -0.25) is 9.97 Å². The third-order valence-corrected chi connectivity index (χ3v) is 8.76. The molecule has 5 aromatic carbocycles. The van der Waals surface area contributed by atoms with Crippen molar-refractivity contribution >= 4 is 61.3 Å². The molecule has 244 valence electrons. The summed E-state index contributed by atoms with van der Waals surface area (Å²) in [6.45, 7) is 4.38. The molecule has 0 amide bonds. The topological polar surface area (TPSA) is 105 Å². The quantitative estimate of drug-likeness (QED) is 0.0449. The zero-order valence-corrected chi connectivity index (χ0v) is 27.3. The van der Waals surface area contributed by atoms with Crippen LogP contribution in [0.5, 0.6) is 11.5 Å². The monoisotopic (exact) mass is 650 g/mol. The molecule has 2 aromatic heterocycles. The van der Waals surface area contributed by atoms with Gasteiger partial charge in [-0.15, -0.1) is 0 Å². The fourth-order valence-corrected chi connectivity index (χ4v) is 6.38. The zero-order chi connectivity index (χ0) is 33.9. The summed E-state index contributed by atoms with van der Waals surface area (Å²) in [7, 11) is 0.